The minimum Gasteiger partial charge on any atom is -0.382 e. The molecule has 9 heteroatoms. The number of fused-ring (bicyclic) bond motifs is 1. The molecule has 4 rings (SSSR count). The van der Waals surface area contributed by atoms with Crippen molar-refractivity contribution in [2.24, 2.45) is 0 Å². The third kappa shape index (κ3) is 4.83. The summed E-state index contributed by atoms with van der Waals surface area (Å²) in [7, 11) is 0. The van der Waals surface area contributed by atoms with E-state index < -0.39 is 11.9 Å². The molecule has 3 N–H and O–H groups in total. The molecule has 2 aromatic heterocycles. The van der Waals surface area contributed by atoms with Crippen LogP contribution in [0.15, 0.2) is 36.5 Å². The van der Waals surface area contributed by atoms with Crippen LogP contribution in [0.3, 0.4) is 0 Å². The van der Waals surface area contributed by atoms with E-state index >= 15 is 0 Å². The fourth-order valence-corrected chi connectivity index (χ4v) is 4.18. The van der Waals surface area contributed by atoms with Gasteiger partial charge >= 0.3 is 6.18 Å². The molecular formula is C23H20ClF3N4O. The SMILES string of the molecule is C#Cc1cc(C(=O)N[C@@H]2CCC[C@H](Nc3cc(C(F)(F)F)nc4ccc(Cl)cc34)C2)c[nH]1. The number of nitrogens with zero attached hydrogens (tertiary/aromatic N) is 1. The number of terminal acetylenes is 1. The van der Waals surface area contributed by atoms with E-state index in [1.165, 1.54) is 12.1 Å². The maximum Gasteiger partial charge on any atom is 0.433 e. The second kappa shape index (κ2) is 8.75. The van der Waals surface area contributed by atoms with Gasteiger partial charge in [0.05, 0.1) is 16.8 Å². The number of aromatic nitrogens is 2. The minimum atomic E-state index is -4.57. The Morgan fingerprint density at radius 1 is 1.22 bits per heavy atom. The second-order valence-electron chi connectivity index (χ2n) is 7.84. The lowest BCUT2D eigenvalue weighted by Crippen LogP contribution is -2.41. The molecule has 1 fully saturated rings. The van der Waals surface area contributed by atoms with E-state index in [9.17, 15) is 18.0 Å². The lowest BCUT2D eigenvalue weighted by Gasteiger charge is -2.31. The third-order valence-corrected chi connectivity index (χ3v) is 5.77. The van der Waals surface area contributed by atoms with Gasteiger partial charge in [0.2, 0.25) is 0 Å². The monoisotopic (exact) mass is 460 g/mol. The van der Waals surface area contributed by atoms with Gasteiger partial charge in [-0.3, -0.25) is 4.79 Å². The lowest BCUT2D eigenvalue weighted by molar-refractivity contribution is -0.140. The van der Waals surface area contributed by atoms with Gasteiger partial charge in [-0.2, -0.15) is 13.2 Å². The van der Waals surface area contributed by atoms with Gasteiger partial charge in [-0.25, -0.2) is 4.98 Å². The second-order valence-corrected chi connectivity index (χ2v) is 8.28. The number of carbonyl (C=O) groups is 1. The van der Waals surface area contributed by atoms with Crippen LogP contribution in [0, 0.1) is 12.3 Å². The summed E-state index contributed by atoms with van der Waals surface area (Å²) in [5, 5.41) is 7.16. The van der Waals surface area contributed by atoms with Crippen molar-refractivity contribution in [3.05, 3.63) is 58.5 Å². The molecule has 5 nitrogen and oxygen atoms in total. The van der Waals surface area contributed by atoms with Crippen molar-refractivity contribution < 1.29 is 18.0 Å². The van der Waals surface area contributed by atoms with Crippen molar-refractivity contribution in [3.8, 4) is 12.3 Å². The van der Waals surface area contributed by atoms with Gasteiger partial charge in [0.25, 0.3) is 5.91 Å². The summed E-state index contributed by atoms with van der Waals surface area (Å²) < 4.78 is 40.1. The standard InChI is InChI=1S/C23H20ClF3N4O/c1-2-15-8-13(12-28-15)22(32)30-17-5-3-4-16(10-17)29-20-11-21(23(25,26)27)31-19-7-6-14(24)9-18(19)20/h1,6-9,11-12,16-17,28H,3-5,10H2,(H,29,31)(H,30,32)/t16-,17+/m0/s1. The number of anilines is 1. The molecule has 2 heterocycles. The van der Waals surface area contributed by atoms with Crippen molar-refractivity contribution in [2.45, 2.75) is 43.9 Å². The van der Waals surface area contributed by atoms with Crippen LogP contribution in [0.5, 0.6) is 0 Å². The van der Waals surface area contributed by atoms with Crippen molar-refractivity contribution >= 4 is 34.1 Å². The molecule has 1 amide bonds. The molecule has 32 heavy (non-hydrogen) atoms. The first-order valence-corrected chi connectivity index (χ1v) is 10.5. The van der Waals surface area contributed by atoms with Gasteiger partial charge in [-0.1, -0.05) is 17.5 Å². The molecule has 0 bridgehead atoms. The van der Waals surface area contributed by atoms with Crippen molar-refractivity contribution in [1.29, 1.82) is 0 Å². The number of alkyl halides is 3. The Balaban J connectivity index is 1.53. The van der Waals surface area contributed by atoms with E-state index in [1.807, 2.05) is 0 Å². The van der Waals surface area contributed by atoms with E-state index in [-0.39, 0.29) is 23.5 Å². The smallest absolute Gasteiger partial charge is 0.382 e. The fraction of sp³-hybridized carbons (Fsp3) is 0.304. The highest BCUT2D eigenvalue weighted by molar-refractivity contribution is 6.31. The highest BCUT2D eigenvalue weighted by Gasteiger charge is 2.34. The van der Waals surface area contributed by atoms with Gasteiger partial charge in [0, 0.05) is 34.4 Å². The van der Waals surface area contributed by atoms with E-state index in [0.29, 0.717) is 33.8 Å². The molecule has 1 aromatic carbocycles. The Kier molecular flexibility index (Phi) is 6.02. The topological polar surface area (TPSA) is 69.8 Å². The molecule has 1 aliphatic rings. The van der Waals surface area contributed by atoms with Gasteiger partial charge in [-0.15, -0.1) is 6.42 Å². The number of carbonyl (C=O) groups excluding carboxylic acids is 1. The van der Waals surface area contributed by atoms with Gasteiger partial charge in [0.1, 0.15) is 5.69 Å². The summed E-state index contributed by atoms with van der Waals surface area (Å²) in [4.78, 5) is 19.1. The predicted octanol–water partition coefficient (Wildman–Crippen LogP) is 5.37. The van der Waals surface area contributed by atoms with E-state index in [1.54, 1.807) is 18.3 Å². The Labute approximate surface area is 187 Å². The molecule has 0 radical (unpaired) electrons. The van der Waals surface area contributed by atoms with Crippen LogP contribution in [0.2, 0.25) is 5.02 Å². The normalized spacial score (nSPS) is 18.8. The zero-order valence-corrected chi connectivity index (χ0v) is 17.6. The number of H-pyrrole nitrogens is 1. The molecule has 1 aliphatic carbocycles. The summed E-state index contributed by atoms with van der Waals surface area (Å²) in [5.41, 5.74) is 0.530. The first-order valence-electron chi connectivity index (χ1n) is 10.1. The van der Waals surface area contributed by atoms with Crippen LogP contribution in [-0.2, 0) is 6.18 Å². The number of aromatic amines is 1. The number of nitrogens with one attached hydrogen (secondary N) is 3. The van der Waals surface area contributed by atoms with Crippen molar-refractivity contribution in [2.75, 3.05) is 5.32 Å². The van der Waals surface area contributed by atoms with Crippen LogP contribution in [0.25, 0.3) is 10.9 Å². The molecule has 0 spiro atoms. The number of benzene rings is 1. The van der Waals surface area contributed by atoms with Crippen LogP contribution < -0.4 is 10.6 Å². The minimum absolute atomic E-state index is 0.114. The predicted molar refractivity (Wildman–Crippen MR) is 118 cm³/mol. The highest BCUT2D eigenvalue weighted by Crippen LogP contribution is 2.35. The average Bonchev–Trinajstić information content (AvgIpc) is 3.23. The van der Waals surface area contributed by atoms with Crippen LogP contribution >= 0.6 is 11.6 Å². The molecular weight excluding hydrogens is 441 g/mol. The summed E-state index contributed by atoms with van der Waals surface area (Å²) in [6.07, 6.45) is 5.25. The number of amides is 1. The zero-order valence-electron chi connectivity index (χ0n) is 16.9. The molecule has 0 unspecified atom stereocenters. The maximum absolute atomic E-state index is 13.4. The third-order valence-electron chi connectivity index (χ3n) is 5.53. The largest absolute Gasteiger partial charge is 0.433 e. The fourth-order valence-electron chi connectivity index (χ4n) is 4.01. The number of pyridine rings is 1. The number of hydrogen-bond acceptors (Lipinski definition) is 3. The Hall–Kier alpha value is -3.18. The molecule has 2 atom stereocenters. The lowest BCUT2D eigenvalue weighted by atomic mass is 9.90. The number of halogens is 4. The Morgan fingerprint density at radius 2 is 2.00 bits per heavy atom. The van der Waals surface area contributed by atoms with Crippen molar-refractivity contribution in [3.63, 3.8) is 0 Å². The van der Waals surface area contributed by atoms with Crippen LogP contribution in [-0.4, -0.2) is 28.0 Å². The first kappa shape index (κ1) is 22.0. The van der Waals surface area contributed by atoms with Crippen LogP contribution in [0.1, 0.15) is 47.4 Å². The van der Waals surface area contributed by atoms with Gasteiger partial charge in [0.15, 0.2) is 0 Å². The van der Waals surface area contributed by atoms with Crippen molar-refractivity contribution in [1.82, 2.24) is 15.3 Å². The quantitative estimate of drug-likeness (QED) is 0.458. The highest BCUT2D eigenvalue weighted by atomic mass is 35.5. The number of rotatable bonds is 4. The van der Waals surface area contributed by atoms with E-state index in [4.69, 9.17) is 18.0 Å². The molecule has 0 aliphatic heterocycles. The zero-order chi connectivity index (χ0) is 22.9. The Morgan fingerprint density at radius 3 is 2.72 bits per heavy atom. The Bertz CT molecular complexity index is 1200. The number of hydrogen-bond donors (Lipinski definition) is 3. The molecule has 166 valence electrons. The van der Waals surface area contributed by atoms with Gasteiger partial charge in [-0.05, 0) is 56.0 Å². The van der Waals surface area contributed by atoms with Gasteiger partial charge < -0.3 is 15.6 Å². The molecule has 1 saturated carbocycles. The van der Waals surface area contributed by atoms with E-state index in [0.717, 1.165) is 25.3 Å². The summed E-state index contributed by atoms with van der Waals surface area (Å²) >= 11 is 6.07. The average molecular weight is 461 g/mol. The summed E-state index contributed by atoms with van der Waals surface area (Å²) in [6.45, 7) is 0. The van der Waals surface area contributed by atoms with E-state index in [2.05, 4.69) is 26.5 Å². The first-order chi connectivity index (χ1) is 15.2. The molecule has 3 aromatic rings. The summed E-state index contributed by atoms with van der Waals surface area (Å²) in [5.74, 6) is 2.19. The van der Waals surface area contributed by atoms with Crippen LogP contribution in [0.4, 0.5) is 18.9 Å². The summed E-state index contributed by atoms with van der Waals surface area (Å²) in [6, 6.07) is 6.97. The maximum atomic E-state index is 13.4. The molecule has 0 saturated heterocycles.